The molecule has 1 fully saturated rings. The molecule has 24 heavy (non-hydrogen) atoms. The van der Waals surface area contributed by atoms with Gasteiger partial charge in [-0.3, -0.25) is 10.1 Å². The van der Waals surface area contributed by atoms with Gasteiger partial charge < -0.3 is 10.2 Å². The molecule has 2 heterocycles. The standard InChI is InChI=1S/C15H15ClFN5O2/c16-15-18-9-13(21-6-2-1-3-7-21)14(20-15)19-12-8-10(22(23)24)4-5-11(12)17/h4-5,8-9H,1-3,6-7H2,(H,18,19,20). The molecule has 0 saturated carbocycles. The number of halogens is 2. The van der Waals surface area contributed by atoms with Crippen molar-refractivity contribution in [2.24, 2.45) is 0 Å². The third kappa shape index (κ3) is 3.53. The van der Waals surface area contributed by atoms with Gasteiger partial charge in [-0.05, 0) is 36.9 Å². The number of hydrogen-bond acceptors (Lipinski definition) is 6. The van der Waals surface area contributed by atoms with E-state index in [-0.39, 0.29) is 16.7 Å². The number of hydrogen-bond donors (Lipinski definition) is 1. The zero-order valence-electron chi connectivity index (χ0n) is 12.7. The highest BCUT2D eigenvalue weighted by Gasteiger charge is 2.19. The minimum absolute atomic E-state index is 0.0177. The van der Waals surface area contributed by atoms with Crippen molar-refractivity contribution in [2.45, 2.75) is 19.3 Å². The fraction of sp³-hybridized carbons (Fsp3) is 0.333. The van der Waals surface area contributed by atoms with Crippen LogP contribution >= 0.6 is 11.6 Å². The molecule has 0 amide bonds. The van der Waals surface area contributed by atoms with E-state index < -0.39 is 10.7 Å². The second kappa shape index (κ2) is 6.96. The fourth-order valence-electron chi connectivity index (χ4n) is 2.66. The first-order valence-corrected chi connectivity index (χ1v) is 7.91. The molecule has 0 aliphatic carbocycles. The van der Waals surface area contributed by atoms with E-state index in [9.17, 15) is 14.5 Å². The summed E-state index contributed by atoms with van der Waals surface area (Å²) in [6, 6.07) is 3.29. The summed E-state index contributed by atoms with van der Waals surface area (Å²) in [5, 5.41) is 13.7. The summed E-state index contributed by atoms with van der Waals surface area (Å²) >= 11 is 5.86. The van der Waals surface area contributed by atoms with Crippen LogP contribution in [0.15, 0.2) is 24.4 Å². The Morgan fingerprint density at radius 3 is 2.75 bits per heavy atom. The molecule has 3 rings (SSSR count). The van der Waals surface area contributed by atoms with Crippen LogP contribution in [0.1, 0.15) is 19.3 Å². The molecule has 1 aliphatic heterocycles. The Morgan fingerprint density at radius 2 is 2.04 bits per heavy atom. The van der Waals surface area contributed by atoms with Gasteiger partial charge in [-0.2, -0.15) is 4.98 Å². The van der Waals surface area contributed by atoms with Gasteiger partial charge in [0.05, 0.1) is 22.5 Å². The van der Waals surface area contributed by atoms with Gasteiger partial charge in [0.1, 0.15) is 5.82 Å². The number of nitro groups is 1. The maximum absolute atomic E-state index is 14.0. The van der Waals surface area contributed by atoms with Gasteiger partial charge in [-0.1, -0.05) is 0 Å². The number of nitro benzene ring substituents is 1. The molecule has 126 valence electrons. The van der Waals surface area contributed by atoms with Crippen molar-refractivity contribution in [3.63, 3.8) is 0 Å². The lowest BCUT2D eigenvalue weighted by molar-refractivity contribution is -0.384. The molecular formula is C15H15ClFN5O2. The minimum Gasteiger partial charge on any atom is -0.367 e. The van der Waals surface area contributed by atoms with Crippen LogP contribution in [0.2, 0.25) is 5.28 Å². The number of nitrogens with zero attached hydrogens (tertiary/aromatic N) is 4. The lowest BCUT2D eigenvalue weighted by Crippen LogP contribution is -2.30. The molecule has 0 atom stereocenters. The molecular weight excluding hydrogens is 337 g/mol. The first kappa shape index (κ1) is 16.4. The Balaban J connectivity index is 1.96. The zero-order valence-corrected chi connectivity index (χ0v) is 13.5. The fourth-order valence-corrected chi connectivity index (χ4v) is 2.80. The van der Waals surface area contributed by atoms with E-state index in [4.69, 9.17) is 11.6 Å². The molecule has 1 N–H and O–H groups in total. The lowest BCUT2D eigenvalue weighted by Gasteiger charge is -2.29. The van der Waals surface area contributed by atoms with Crippen LogP contribution < -0.4 is 10.2 Å². The molecule has 1 aliphatic rings. The molecule has 1 aromatic carbocycles. The normalized spacial score (nSPS) is 14.5. The van der Waals surface area contributed by atoms with Gasteiger partial charge >= 0.3 is 0 Å². The second-order valence-corrected chi connectivity index (χ2v) is 5.80. The van der Waals surface area contributed by atoms with Crippen molar-refractivity contribution in [2.75, 3.05) is 23.3 Å². The number of piperidine rings is 1. The van der Waals surface area contributed by atoms with E-state index in [1.165, 1.54) is 0 Å². The summed E-state index contributed by atoms with van der Waals surface area (Å²) in [6.07, 6.45) is 4.84. The molecule has 9 heteroatoms. The lowest BCUT2D eigenvalue weighted by atomic mass is 10.1. The first-order valence-electron chi connectivity index (χ1n) is 7.53. The Labute approximate surface area is 142 Å². The number of anilines is 3. The summed E-state index contributed by atoms with van der Waals surface area (Å²) in [5.74, 6) is -0.281. The van der Waals surface area contributed by atoms with Crippen LogP contribution in [-0.2, 0) is 0 Å². The van der Waals surface area contributed by atoms with Gasteiger partial charge in [0.15, 0.2) is 5.82 Å². The first-order chi connectivity index (χ1) is 11.5. The monoisotopic (exact) mass is 351 g/mol. The van der Waals surface area contributed by atoms with Gasteiger partial charge in [0.25, 0.3) is 5.69 Å². The van der Waals surface area contributed by atoms with Crippen molar-refractivity contribution < 1.29 is 9.31 Å². The number of nitrogens with one attached hydrogen (secondary N) is 1. The predicted molar refractivity (Wildman–Crippen MR) is 89.4 cm³/mol. The van der Waals surface area contributed by atoms with E-state index in [0.29, 0.717) is 11.5 Å². The molecule has 7 nitrogen and oxygen atoms in total. The highest BCUT2D eigenvalue weighted by atomic mass is 35.5. The summed E-state index contributed by atoms with van der Waals surface area (Å²) in [7, 11) is 0. The molecule has 0 spiro atoms. The van der Waals surface area contributed by atoms with Crippen LogP contribution in [0.3, 0.4) is 0 Å². The highest BCUT2D eigenvalue weighted by Crippen LogP contribution is 2.31. The van der Waals surface area contributed by atoms with E-state index >= 15 is 0 Å². The molecule has 0 bridgehead atoms. The van der Waals surface area contributed by atoms with E-state index in [1.54, 1.807) is 6.20 Å². The van der Waals surface area contributed by atoms with Crippen LogP contribution in [-0.4, -0.2) is 28.0 Å². The highest BCUT2D eigenvalue weighted by molar-refractivity contribution is 6.28. The predicted octanol–water partition coefficient (Wildman–Crippen LogP) is 3.91. The van der Waals surface area contributed by atoms with Crippen LogP contribution in [0.5, 0.6) is 0 Å². The van der Waals surface area contributed by atoms with Crippen LogP contribution in [0.25, 0.3) is 0 Å². The average molecular weight is 352 g/mol. The third-order valence-electron chi connectivity index (χ3n) is 3.85. The molecule has 0 unspecified atom stereocenters. The number of rotatable bonds is 4. The van der Waals surface area contributed by atoms with E-state index in [0.717, 1.165) is 50.6 Å². The van der Waals surface area contributed by atoms with Crippen LogP contribution in [0.4, 0.5) is 27.3 Å². The van der Waals surface area contributed by atoms with Crippen molar-refractivity contribution >= 4 is 34.5 Å². The maximum Gasteiger partial charge on any atom is 0.271 e. The summed E-state index contributed by atoms with van der Waals surface area (Å²) < 4.78 is 14.0. The summed E-state index contributed by atoms with van der Waals surface area (Å²) in [4.78, 5) is 20.5. The van der Waals surface area contributed by atoms with Crippen molar-refractivity contribution in [3.8, 4) is 0 Å². The van der Waals surface area contributed by atoms with Crippen molar-refractivity contribution in [3.05, 3.63) is 45.6 Å². The van der Waals surface area contributed by atoms with Crippen molar-refractivity contribution in [1.82, 2.24) is 9.97 Å². The third-order valence-corrected chi connectivity index (χ3v) is 4.03. The number of aromatic nitrogens is 2. The Bertz CT molecular complexity index is 768. The molecule has 1 saturated heterocycles. The Kier molecular flexibility index (Phi) is 4.75. The van der Waals surface area contributed by atoms with E-state index in [2.05, 4.69) is 20.2 Å². The van der Waals surface area contributed by atoms with Crippen LogP contribution in [0, 0.1) is 15.9 Å². The minimum atomic E-state index is -0.611. The SMILES string of the molecule is O=[N+]([O-])c1ccc(F)c(Nc2nc(Cl)ncc2N2CCCCC2)c1. The maximum atomic E-state index is 14.0. The topological polar surface area (TPSA) is 84.2 Å². The van der Waals surface area contributed by atoms with Gasteiger partial charge in [-0.15, -0.1) is 0 Å². The second-order valence-electron chi connectivity index (χ2n) is 5.47. The average Bonchev–Trinajstić information content (AvgIpc) is 2.57. The molecule has 1 aromatic heterocycles. The summed E-state index contributed by atoms with van der Waals surface area (Å²) in [5.41, 5.74) is 0.459. The van der Waals surface area contributed by atoms with E-state index in [1.807, 2.05) is 0 Å². The van der Waals surface area contributed by atoms with Gasteiger partial charge in [0, 0.05) is 25.2 Å². The Hall–Kier alpha value is -2.48. The van der Waals surface area contributed by atoms with Gasteiger partial charge in [-0.25, -0.2) is 9.37 Å². The van der Waals surface area contributed by atoms with Gasteiger partial charge in [0.2, 0.25) is 5.28 Å². The largest absolute Gasteiger partial charge is 0.367 e. The van der Waals surface area contributed by atoms with Crippen molar-refractivity contribution in [1.29, 1.82) is 0 Å². The molecule has 0 radical (unpaired) electrons. The zero-order chi connectivity index (χ0) is 17.1. The Morgan fingerprint density at radius 1 is 1.29 bits per heavy atom. The smallest absolute Gasteiger partial charge is 0.271 e. The number of non-ortho nitro benzene ring substituents is 1. The summed E-state index contributed by atoms with van der Waals surface area (Å²) in [6.45, 7) is 1.69. The quantitative estimate of drug-likeness (QED) is 0.510. The molecule has 2 aromatic rings. The number of benzene rings is 1.